The van der Waals surface area contributed by atoms with Crippen molar-refractivity contribution >= 4 is 56.7 Å². The third kappa shape index (κ3) is 10.4. The number of benzene rings is 4. The fraction of sp³-hybridized carbons (Fsp3) is 0.360. The van der Waals surface area contributed by atoms with Crippen LogP contribution in [0.1, 0.15) is 52.7 Å². The minimum Gasteiger partial charge on any atom is -0.497 e. The molecule has 2 saturated carbocycles. The van der Waals surface area contributed by atoms with Crippen LogP contribution in [0.3, 0.4) is 0 Å². The number of likely N-dealkylation sites (tertiary alicyclic amines) is 2. The first-order valence-electron chi connectivity index (χ1n) is 22.6. The van der Waals surface area contributed by atoms with Gasteiger partial charge in [-0.05, 0) is 78.5 Å². The molecular weight excluding hydrogens is 873 g/mol. The molecule has 2 aliphatic carbocycles. The monoisotopic (exact) mass is 922 g/mol. The first-order valence-corrected chi connectivity index (χ1v) is 24.2. The van der Waals surface area contributed by atoms with E-state index in [0.717, 1.165) is 63.5 Å². The molecule has 0 N–H and O–H groups in total. The van der Waals surface area contributed by atoms with E-state index in [1.54, 1.807) is 41.2 Å². The summed E-state index contributed by atoms with van der Waals surface area (Å²) in [6, 6.07) is 33.2. The highest BCUT2D eigenvalue weighted by molar-refractivity contribution is 7.19. The lowest BCUT2D eigenvalue weighted by Gasteiger charge is -2.39. The fourth-order valence-corrected chi connectivity index (χ4v) is 10.0. The van der Waals surface area contributed by atoms with Gasteiger partial charge in [0.05, 0.1) is 25.4 Å². The van der Waals surface area contributed by atoms with Gasteiger partial charge in [-0.1, -0.05) is 102 Å². The van der Waals surface area contributed by atoms with E-state index in [2.05, 4.69) is 42.3 Å². The van der Waals surface area contributed by atoms with Gasteiger partial charge in [0.15, 0.2) is 0 Å². The van der Waals surface area contributed by atoms with Gasteiger partial charge in [0, 0.05) is 69.0 Å². The van der Waals surface area contributed by atoms with Crippen LogP contribution in [0.4, 0.5) is 10.3 Å². The van der Waals surface area contributed by atoms with E-state index in [1.165, 1.54) is 22.7 Å². The Morgan fingerprint density at radius 2 is 1.08 bits per heavy atom. The number of ether oxygens (including phenoxy) is 2. The number of nitrogens with zero attached hydrogens (tertiary/aromatic N) is 8. The van der Waals surface area contributed by atoms with E-state index in [1.807, 2.05) is 66.7 Å². The number of methoxy groups -OCH3 is 1. The minimum absolute atomic E-state index is 0.0349. The summed E-state index contributed by atoms with van der Waals surface area (Å²) < 4.78 is 10.6. The molecule has 0 bridgehead atoms. The van der Waals surface area contributed by atoms with Crippen LogP contribution in [0.2, 0.25) is 0 Å². The van der Waals surface area contributed by atoms with Crippen LogP contribution in [-0.2, 0) is 38.6 Å². The molecule has 4 aliphatic rings. The van der Waals surface area contributed by atoms with Gasteiger partial charge in [-0.2, -0.15) is 0 Å². The van der Waals surface area contributed by atoms with Crippen LogP contribution in [0.25, 0.3) is 21.1 Å². The summed E-state index contributed by atoms with van der Waals surface area (Å²) in [6.45, 7) is 4.76. The Hall–Kier alpha value is -6.20. The molecule has 2 aliphatic heterocycles. The molecule has 2 amide bonds. The quantitative estimate of drug-likeness (QED) is 0.0624. The summed E-state index contributed by atoms with van der Waals surface area (Å²) in [5.74, 6) is 0.0572. The summed E-state index contributed by atoms with van der Waals surface area (Å²) in [6.07, 6.45) is 4.80. The van der Waals surface area contributed by atoms with Crippen molar-refractivity contribution in [1.29, 1.82) is 0 Å². The van der Waals surface area contributed by atoms with Gasteiger partial charge in [0.2, 0.25) is 16.2 Å². The zero-order chi connectivity index (χ0) is 45.1. The van der Waals surface area contributed by atoms with Crippen molar-refractivity contribution in [1.82, 2.24) is 30.2 Å². The number of hydrogen-bond acceptors (Lipinski definition) is 14. The van der Waals surface area contributed by atoms with Crippen LogP contribution in [0.15, 0.2) is 103 Å². The number of carbonyl (C=O) groups excluding carboxylic acids is 4. The van der Waals surface area contributed by atoms with E-state index < -0.39 is 11.9 Å². The van der Waals surface area contributed by atoms with Gasteiger partial charge in [0.25, 0.3) is 5.91 Å². The van der Waals surface area contributed by atoms with Crippen LogP contribution < -0.4 is 14.5 Å². The third-order valence-electron chi connectivity index (χ3n) is 12.6. The van der Waals surface area contributed by atoms with Crippen LogP contribution in [0, 0.1) is 23.7 Å². The largest absolute Gasteiger partial charge is 0.497 e. The standard InChI is InChI=1S/C50H50N8O6S2/c1-63-42-21-19-39(20-22-42)46(60)58(27-36-9-10-36)50-54-52-45(66-50)38-17-13-34(14-18-38)25-56-30-41(31-56)48(62)64-47(61)40-28-55(29-40)24-33-11-15-37(16-12-33)44-51-53-49(65-44)57(26-35-7-8-35)43(59)23-32-5-3-2-4-6-32/h2-6,11-22,35-36,40-41H,7-10,23-31H2,1H3. The predicted octanol–water partition coefficient (Wildman–Crippen LogP) is 7.41. The zero-order valence-corrected chi connectivity index (χ0v) is 38.3. The van der Waals surface area contributed by atoms with Crippen molar-refractivity contribution < 1.29 is 28.7 Å². The van der Waals surface area contributed by atoms with Gasteiger partial charge in [-0.25, -0.2) is 0 Å². The van der Waals surface area contributed by atoms with Crippen molar-refractivity contribution in [3.63, 3.8) is 0 Å². The van der Waals surface area contributed by atoms with E-state index >= 15 is 0 Å². The highest BCUT2D eigenvalue weighted by Gasteiger charge is 2.39. The van der Waals surface area contributed by atoms with E-state index in [4.69, 9.17) is 9.47 Å². The highest BCUT2D eigenvalue weighted by Crippen LogP contribution is 2.37. The summed E-state index contributed by atoms with van der Waals surface area (Å²) in [4.78, 5) is 60.6. The molecule has 6 aromatic rings. The molecule has 4 heterocycles. The van der Waals surface area contributed by atoms with E-state index in [9.17, 15) is 19.2 Å². The summed E-state index contributed by atoms with van der Waals surface area (Å²) >= 11 is 2.84. The number of hydrogen-bond donors (Lipinski definition) is 0. The number of aromatic nitrogens is 4. The van der Waals surface area contributed by atoms with Gasteiger partial charge >= 0.3 is 11.9 Å². The number of amides is 2. The molecule has 0 radical (unpaired) electrons. The smallest absolute Gasteiger partial charge is 0.319 e. The average Bonchev–Trinajstić information content (AvgIpc) is 4.22. The van der Waals surface area contributed by atoms with Crippen LogP contribution >= 0.6 is 22.7 Å². The molecule has 4 aromatic carbocycles. The first-order chi connectivity index (χ1) is 32.2. The third-order valence-corrected chi connectivity index (χ3v) is 14.6. The first kappa shape index (κ1) is 43.7. The average molecular weight is 923 g/mol. The maximum absolute atomic E-state index is 13.5. The number of carbonyl (C=O) groups is 4. The second kappa shape index (κ2) is 19.3. The lowest BCUT2D eigenvalue weighted by Crippen LogP contribution is -2.53. The fourth-order valence-electron chi connectivity index (χ4n) is 8.27. The SMILES string of the molecule is COc1ccc(C(=O)N(CC2CC2)c2nnc(-c3ccc(CN4CC(C(=O)OC(=O)C5CN(Cc6ccc(-c7nnc(N(CC8CC8)C(=O)Cc8ccccc8)s7)cc6)C5)C4)cc3)s2)cc1. The maximum atomic E-state index is 13.5. The van der Waals surface area contributed by atoms with Gasteiger partial charge in [-0.15, -0.1) is 20.4 Å². The number of esters is 2. The molecule has 66 heavy (non-hydrogen) atoms. The maximum Gasteiger partial charge on any atom is 0.319 e. The Labute approximate surface area is 391 Å². The Kier molecular flexibility index (Phi) is 12.8. The van der Waals surface area contributed by atoms with Crippen molar-refractivity contribution in [2.75, 3.05) is 56.2 Å². The van der Waals surface area contributed by atoms with Crippen molar-refractivity contribution in [2.45, 2.75) is 45.2 Å². The topological polar surface area (TPSA) is 151 Å². The molecule has 16 heteroatoms. The van der Waals surface area contributed by atoms with Crippen molar-refractivity contribution in [3.8, 4) is 26.9 Å². The molecule has 14 nitrogen and oxygen atoms in total. The Morgan fingerprint density at radius 1 is 0.591 bits per heavy atom. The molecule has 2 aromatic heterocycles. The van der Waals surface area contributed by atoms with E-state index in [-0.39, 0.29) is 23.7 Å². The summed E-state index contributed by atoms with van der Waals surface area (Å²) in [5.41, 5.74) is 5.61. The molecule has 338 valence electrons. The highest BCUT2D eigenvalue weighted by atomic mass is 32.1. The van der Waals surface area contributed by atoms with Crippen molar-refractivity contribution in [3.05, 3.63) is 125 Å². The van der Waals surface area contributed by atoms with E-state index in [0.29, 0.717) is 92.2 Å². The van der Waals surface area contributed by atoms with Gasteiger partial charge in [-0.3, -0.25) is 38.8 Å². The Balaban J connectivity index is 0.650. The van der Waals surface area contributed by atoms with Gasteiger partial charge in [0.1, 0.15) is 15.8 Å². The van der Waals surface area contributed by atoms with Crippen LogP contribution in [0.5, 0.6) is 5.75 Å². The van der Waals surface area contributed by atoms with Crippen molar-refractivity contribution in [2.24, 2.45) is 23.7 Å². The lowest BCUT2D eigenvalue weighted by molar-refractivity contribution is -0.172. The van der Waals surface area contributed by atoms with Crippen LogP contribution in [-0.4, -0.2) is 100 Å². The lowest BCUT2D eigenvalue weighted by atomic mass is 9.97. The molecule has 0 unspecified atom stereocenters. The summed E-state index contributed by atoms with van der Waals surface area (Å²) in [7, 11) is 1.60. The predicted molar refractivity (Wildman–Crippen MR) is 252 cm³/mol. The second-order valence-electron chi connectivity index (χ2n) is 17.9. The summed E-state index contributed by atoms with van der Waals surface area (Å²) in [5, 5.41) is 20.5. The molecular formula is C50H50N8O6S2. The normalized spacial score (nSPS) is 16.6. The molecule has 0 spiro atoms. The Morgan fingerprint density at radius 3 is 1.56 bits per heavy atom. The molecule has 4 fully saturated rings. The minimum atomic E-state index is -0.454. The zero-order valence-electron chi connectivity index (χ0n) is 36.7. The molecule has 0 atom stereocenters. The van der Waals surface area contributed by atoms with Gasteiger partial charge < -0.3 is 9.47 Å². The second-order valence-corrected chi connectivity index (χ2v) is 19.8. The number of rotatable bonds is 18. The molecule has 10 rings (SSSR count). The molecule has 2 saturated heterocycles. The number of anilines is 2. The Bertz CT molecular complexity index is 2670.